The van der Waals surface area contributed by atoms with E-state index >= 15 is 0 Å². The molecule has 1 N–H and O–H groups in total. The maximum Gasteiger partial charge on any atom is 0.316 e. The van der Waals surface area contributed by atoms with Crippen molar-refractivity contribution in [1.29, 1.82) is 0 Å². The number of thioether (sulfide) groups is 1. The van der Waals surface area contributed by atoms with E-state index in [1.165, 1.54) is 23.9 Å². The molecule has 0 spiro atoms. The molecule has 0 saturated carbocycles. The van der Waals surface area contributed by atoms with Gasteiger partial charge in [0.15, 0.2) is 0 Å². The molecule has 1 unspecified atom stereocenters. The molecule has 5 heteroatoms. The molecule has 0 radical (unpaired) electrons. The molecule has 1 heterocycles. The number of hydrogen-bond acceptors (Lipinski definition) is 3. The average molecular weight is 265 g/mol. The van der Waals surface area contributed by atoms with Crippen LogP contribution in [0.1, 0.15) is 12.5 Å². The Morgan fingerprint density at radius 3 is 3.06 bits per heavy atom. The number of halogens is 1. The van der Waals surface area contributed by atoms with Gasteiger partial charge in [0.2, 0.25) is 0 Å². The van der Waals surface area contributed by atoms with Crippen LogP contribution in [0.25, 0.3) is 10.9 Å². The van der Waals surface area contributed by atoms with Crippen molar-refractivity contribution in [3.63, 3.8) is 0 Å². The first-order chi connectivity index (χ1) is 8.58. The summed E-state index contributed by atoms with van der Waals surface area (Å²) in [4.78, 5) is 15.0. The number of hydrogen-bond donors (Lipinski definition) is 1. The van der Waals surface area contributed by atoms with Crippen LogP contribution in [0.4, 0.5) is 4.39 Å². The SMILES string of the molecule is CC(SCc1cc(F)cc2cccnc12)C(=O)O. The standard InChI is InChI=1S/C13H12FNO2S/c1-8(13(16)17)18-7-10-6-11(14)5-9-3-2-4-15-12(9)10/h2-6,8H,7H2,1H3,(H,16,17). The highest BCUT2D eigenvalue weighted by atomic mass is 32.2. The quantitative estimate of drug-likeness (QED) is 0.923. The van der Waals surface area contributed by atoms with Crippen LogP contribution in [-0.4, -0.2) is 21.3 Å². The van der Waals surface area contributed by atoms with Crippen LogP contribution in [0.15, 0.2) is 30.5 Å². The van der Waals surface area contributed by atoms with Gasteiger partial charge in [0, 0.05) is 17.3 Å². The lowest BCUT2D eigenvalue weighted by atomic mass is 10.1. The summed E-state index contributed by atoms with van der Waals surface area (Å²) in [5.41, 5.74) is 1.45. The molecule has 1 aromatic carbocycles. The highest BCUT2D eigenvalue weighted by Gasteiger charge is 2.13. The van der Waals surface area contributed by atoms with E-state index < -0.39 is 11.2 Å². The van der Waals surface area contributed by atoms with Gasteiger partial charge in [-0.2, -0.15) is 0 Å². The summed E-state index contributed by atoms with van der Waals surface area (Å²) in [7, 11) is 0. The van der Waals surface area contributed by atoms with Crippen LogP contribution in [-0.2, 0) is 10.5 Å². The number of rotatable bonds is 4. The Kier molecular flexibility index (Phi) is 3.81. The number of benzene rings is 1. The maximum absolute atomic E-state index is 13.4. The molecule has 0 aliphatic heterocycles. The van der Waals surface area contributed by atoms with Gasteiger partial charge in [0.1, 0.15) is 5.82 Å². The van der Waals surface area contributed by atoms with Gasteiger partial charge in [0.25, 0.3) is 0 Å². The number of nitrogens with zero attached hydrogens (tertiary/aromatic N) is 1. The Morgan fingerprint density at radius 1 is 1.56 bits per heavy atom. The topological polar surface area (TPSA) is 50.2 Å². The monoisotopic (exact) mass is 265 g/mol. The summed E-state index contributed by atoms with van der Waals surface area (Å²) in [6, 6.07) is 6.38. The number of aliphatic carboxylic acids is 1. The fourth-order valence-electron chi connectivity index (χ4n) is 1.62. The van der Waals surface area contributed by atoms with E-state index in [0.29, 0.717) is 5.75 Å². The molecule has 0 fully saturated rings. The first-order valence-corrected chi connectivity index (χ1v) is 6.50. The summed E-state index contributed by atoms with van der Waals surface area (Å²) in [5, 5.41) is 9.03. The number of carbonyl (C=O) groups is 1. The third-order valence-electron chi connectivity index (χ3n) is 2.59. The number of carboxylic acid groups (broad SMARTS) is 1. The van der Waals surface area contributed by atoms with Crippen LogP contribution < -0.4 is 0 Å². The summed E-state index contributed by atoms with van der Waals surface area (Å²) in [6.45, 7) is 1.61. The minimum absolute atomic E-state index is 0.325. The molecule has 1 aromatic heterocycles. The third-order valence-corrected chi connectivity index (χ3v) is 3.76. The van der Waals surface area contributed by atoms with Crippen molar-refractivity contribution in [2.45, 2.75) is 17.9 Å². The molecular weight excluding hydrogens is 253 g/mol. The number of carboxylic acids is 1. The van der Waals surface area contributed by atoms with Crippen molar-refractivity contribution in [2.24, 2.45) is 0 Å². The third kappa shape index (κ3) is 2.79. The molecule has 94 valence electrons. The Labute approximate surface area is 108 Å². The second-order valence-corrected chi connectivity index (χ2v) is 5.26. The van der Waals surface area contributed by atoms with Crippen molar-refractivity contribution in [3.8, 4) is 0 Å². The van der Waals surface area contributed by atoms with Gasteiger partial charge in [-0.15, -0.1) is 11.8 Å². The minimum atomic E-state index is -0.867. The first kappa shape index (κ1) is 12.8. The molecular formula is C13H12FNO2S. The fraction of sp³-hybridized carbons (Fsp3) is 0.231. The lowest BCUT2D eigenvalue weighted by molar-refractivity contribution is -0.136. The maximum atomic E-state index is 13.4. The Morgan fingerprint density at radius 2 is 2.33 bits per heavy atom. The lowest BCUT2D eigenvalue weighted by Crippen LogP contribution is -2.11. The minimum Gasteiger partial charge on any atom is -0.480 e. The van der Waals surface area contributed by atoms with Gasteiger partial charge in [-0.1, -0.05) is 6.07 Å². The van der Waals surface area contributed by atoms with Crippen molar-refractivity contribution < 1.29 is 14.3 Å². The largest absolute Gasteiger partial charge is 0.480 e. The molecule has 0 bridgehead atoms. The van der Waals surface area contributed by atoms with E-state index in [-0.39, 0.29) is 5.82 Å². The average Bonchev–Trinajstić information content (AvgIpc) is 2.35. The van der Waals surface area contributed by atoms with Gasteiger partial charge >= 0.3 is 5.97 Å². The van der Waals surface area contributed by atoms with Crippen LogP contribution in [0.5, 0.6) is 0 Å². The highest BCUT2D eigenvalue weighted by molar-refractivity contribution is 7.99. The smallest absolute Gasteiger partial charge is 0.316 e. The summed E-state index contributed by atoms with van der Waals surface area (Å²) in [6.07, 6.45) is 1.65. The zero-order valence-electron chi connectivity index (χ0n) is 9.76. The van der Waals surface area contributed by atoms with E-state index in [1.807, 2.05) is 0 Å². The van der Waals surface area contributed by atoms with Crippen LogP contribution in [0.3, 0.4) is 0 Å². The predicted octanol–water partition coefficient (Wildman–Crippen LogP) is 3.08. The summed E-state index contributed by atoms with van der Waals surface area (Å²) >= 11 is 1.25. The number of fused-ring (bicyclic) bond motifs is 1. The Balaban J connectivity index is 2.29. The van der Waals surface area contributed by atoms with Gasteiger partial charge in [-0.05, 0) is 30.7 Å². The van der Waals surface area contributed by atoms with Gasteiger partial charge in [-0.25, -0.2) is 4.39 Å². The van der Waals surface area contributed by atoms with E-state index in [4.69, 9.17) is 5.11 Å². The second-order valence-electron chi connectivity index (χ2n) is 3.93. The van der Waals surface area contributed by atoms with Crippen molar-refractivity contribution in [2.75, 3.05) is 0 Å². The molecule has 0 saturated heterocycles. The van der Waals surface area contributed by atoms with Gasteiger partial charge < -0.3 is 5.11 Å². The van der Waals surface area contributed by atoms with Crippen LogP contribution >= 0.6 is 11.8 Å². The molecule has 3 nitrogen and oxygen atoms in total. The predicted molar refractivity (Wildman–Crippen MR) is 70.1 cm³/mol. The van der Waals surface area contributed by atoms with E-state index in [9.17, 15) is 9.18 Å². The van der Waals surface area contributed by atoms with Crippen molar-refractivity contribution in [1.82, 2.24) is 4.98 Å². The van der Waals surface area contributed by atoms with E-state index in [1.54, 1.807) is 25.3 Å². The zero-order valence-corrected chi connectivity index (χ0v) is 10.6. The molecule has 2 rings (SSSR count). The normalized spacial score (nSPS) is 12.6. The van der Waals surface area contributed by atoms with Crippen molar-refractivity contribution in [3.05, 3.63) is 41.8 Å². The molecule has 0 aliphatic rings. The molecule has 2 aromatic rings. The van der Waals surface area contributed by atoms with Crippen LogP contribution in [0.2, 0.25) is 0 Å². The molecule has 0 amide bonds. The van der Waals surface area contributed by atoms with E-state index in [0.717, 1.165) is 16.5 Å². The molecule has 0 aliphatic carbocycles. The summed E-state index contributed by atoms with van der Waals surface area (Å²) < 4.78 is 13.4. The van der Waals surface area contributed by atoms with Gasteiger partial charge in [0.05, 0.1) is 10.8 Å². The zero-order chi connectivity index (χ0) is 13.1. The number of aromatic nitrogens is 1. The Bertz CT molecular complexity index is 588. The Hall–Kier alpha value is -1.62. The summed E-state index contributed by atoms with van der Waals surface area (Å²) in [5.74, 6) is -0.763. The fourth-order valence-corrected chi connectivity index (χ4v) is 2.42. The number of pyridine rings is 1. The first-order valence-electron chi connectivity index (χ1n) is 5.45. The second kappa shape index (κ2) is 5.35. The lowest BCUT2D eigenvalue weighted by Gasteiger charge is -2.08. The van der Waals surface area contributed by atoms with Crippen molar-refractivity contribution >= 4 is 28.6 Å². The van der Waals surface area contributed by atoms with E-state index in [2.05, 4.69) is 4.98 Å². The molecule has 18 heavy (non-hydrogen) atoms. The molecule has 1 atom stereocenters. The highest BCUT2D eigenvalue weighted by Crippen LogP contribution is 2.24. The van der Waals surface area contributed by atoms with Crippen LogP contribution in [0, 0.1) is 5.82 Å². The van der Waals surface area contributed by atoms with Gasteiger partial charge in [-0.3, -0.25) is 9.78 Å².